The molecule has 0 saturated heterocycles. The van der Waals surface area contributed by atoms with Crippen LogP contribution in [0.3, 0.4) is 0 Å². The van der Waals surface area contributed by atoms with Crippen molar-refractivity contribution in [2.45, 2.75) is 31.4 Å². The topological polar surface area (TPSA) is 184 Å². The summed E-state index contributed by atoms with van der Waals surface area (Å²) in [4.78, 5) is 78.3. The molecule has 2 saturated carbocycles. The van der Waals surface area contributed by atoms with E-state index in [2.05, 4.69) is 5.32 Å². The van der Waals surface area contributed by atoms with Crippen molar-refractivity contribution in [1.29, 1.82) is 0 Å². The van der Waals surface area contributed by atoms with Crippen molar-refractivity contribution in [3.05, 3.63) is 22.2 Å². The number of aromatic hydroxyl groups is 1. The van der Waals surface area contributed by atoms with Crippen LogP contribution >= 0.6 is 11.6 Å². The lowest BCUT2D eigenvalue weighted by Crippen LogP contribution is -2.74. The lowest BCUT2D eigenvalue weighted by molar-refractivity contribution is -0.181. The molecule has 0 heterocycles. The average Bonchev–Trinajstić information content (AvgIpc) is 2.72. The van der Waals surface area contributed by atoms with Crippen LogP contribution in [0.4, 0.5) is 5.69 Å². The molecule has 0 aliphatic heterocycles. The first-order chi connectivity index (χ1) is 16.2. The summed E-state index contributed by atoms with van der Waals surface area (Å²) in [5.41, 5.74) is 2.37. The standard InChI is InChI=1S/C23H24ClN3O8/c1-7(28)26-15-11(24)6-9-4-8-5-10-16(27(2)3)19(31)14(22(25)34)21(33)23(10,35)20(32)13(8)17(29)12(9)18(15)30/h6,8,10,13-14,16,30,35H,4-5H2,1-3H3,(H2,25,34)(H,26,28)/t8-,10-,13?,14?,16-,23-/m0/s1. The molecular formula is C23H24ClN3O8. The number of rotatable bonds is 3. The van der Waals surface area contributed by atoms with Crippen molar-refractivity contribution < 1.29 is 39.0 Å². The molecule has 1 aromatic rings. The van der Waals surface area contributed by atoms with Crippen molar-refractivity contribution in [1.82, 2.24) is 4.90 Å². The van der Waals surface area contributed by atoms with Gasteiger partial charge in [-0.2, -0.15) is 0 Å². The molecule has 35 heavy (non-hydrogen) atoms. The number of primary amides is 1. The Kier molecular flexibility index (Phi) is 5.86. The van der Waals surface area contributed by atoms with Crippen LogP contribution in [0.25, 0.3) is 0 Å². The summed E-state index contributed by atoms with van der Waals surface area (Å²) in [7, 11) is 3.02. The van der Waals surface area contributed by atoms with Gasteiger partial charge in [0.1, 0.15) is 5.69 Å². The van der Waals surface area contributed by atoms with E-state index in [9.17, 15) is 39.0 Å². The molecule has 3 aliphatic rings. The number of amides is 2. The highest BCUT2D eigenvalue weighted by Gasteiger charge is 2.69. The zero-order chi connectivity index (χ0) is 26.1. The van der Waals surface area contributed by atoms with Crippen molar-refractivity contribution in [2.24, 2.45) is 29.4 Å². The Morgan fingerprint density at radius 2 is 1.83 bits per heavy atom. The van der Waals surface area contributed by atoms with Gasteiger partial charge in [-0.15, -0.1) is 0 Å². The summed E-state index contributed by atoms with van der Waals surface area (Å²) in [6.45, 7) is 1.18. The average molecular weight is 506 g/mol. The minimum absolute atomic E-state index is 0.0140. The highest BCUT2D eigenvalue weighted by molar-refractivity contribution is 6.35. The molecule has 3 aliphatic carbocycles. The third kappa shape index (κ3) is 3.40. The molecule has 4 rings (SSSR count). The van der Waals surface area contributed by atoms with Gasteiger partial charge in [-0.3, -0.25) is 33.7 Å². The Bertz CT molecular complexity index is 1230. The van der Waals surface area contributed by atoms with Crippen LogP contribution in [0.1, 0.15) is 29.3 Å². The van der Waals surface area contributed by atoms with Gasteiger partial charge in [0.15, 0.2) is 40.4 Å². The third-order valence-corrected chi connectivity index (χ3v) is 7.60. The Hall–Kier alpha value is -3.15. The van der Waals surface area contributed by atoms with E-state index in [0.717, 1.165) is 0 Å². The molecule has 5 N–H and O–H groups in total. The van der Waals surface area contributed by atoms with Crippen LogP contribution in [0.15, 0.2) is 6.07 Å². The molecule has 0 bridgehead atoms. The van der Waals surface area contributed by atoms with E-state index in [1.165, 1.54) is 32.0 Å². The van der Waals surface area contributed by atoms with Crippen molar-refractivity contribution >= 4 is 52.2 Å². The molecular weight excluding hydrogens is 482 g/mol. The Morgan fingerprint density at radius 1 is 1.20 bits per heavy atom. The molecule has 2 unspecified atom stereocenters. The van der Waals surface area contributed by atoms with Gasteiger partial charge in [0.2, 0.25) is 11.8 Å². The number of Topliss-reactive ketones (excluding diaryl/α,β-unsaturated/α-hetero) is 4. The second-order valence-corrected chi connectivity index (χ2v) is 9.99. The molecule has 12 heteroatoms. The fourth-order valence-corrected chi connectivity index (χ4v) is 6.19. The Morgan fingerprint density at radius 3 is 2.37 bits per heavy atom. The van der Waals surface area contributed by atoms with Gasteiger partial charge in [0.25, 0.3) is 0 Å². The predicted octanol–water partition coefficient (Wildman–Crippen LogP) is -0.521. The van der Waals surface area contributed by atoms with Crippen LogP contribution in [0.5, 0.6) is 5.75 Å². The number of fused-ring (bicyclic) bond motifs is 3. The predicted molar refractivity (Wildman–Crippen MR) is 121 cm³/mol. The number of likely N-dealkylation sites (N-methyl/N-ethyl adjacent to an activating group) is 1. The number of nitrogens with zero attached hydrogens (tertiary/aromatic N) is 1. The minimum Gasteiger partial charge on any atom is -0.505 e. The van der Waals surface area contributed by atoms with Gasteiger partial charge in [-0.1, -0.05) is 11.6 Å². The van der Waals surface area contributed by atoms with Gasteiger partial charge in [0.05, 0.1) is 22.5 Å². The molecule has 0 aromatic heterocycles. The summed E-state index contributed by atoms with van der Waals surface area (Å²) in [5.74, 6) is -12.1. The normalized spacial score (nSPS) is 32.1. The summed E-state index contributed by atoms with van der Waals surface area (Å²) in [6, 6.07) is 0.237. The summed E-state index contributed by atoms with van der Waals surface area (Å²) >= 11 is 6.21. The largest absolute Gasteiger partial charge is 0.505 e. The van der Waals surface area contributed by atoms with E-state index in [4.69, 9.17) is 17.3 Å². The molecule has 2 amide bonds. The first-order valence-corrected chi connectivity index (χ1v) is 11.3. The van der Waals surface area contributed by atoms with E-state index in [0.29, 0.717) is 5.56 Å². The number of anilines is 1. The third-order valence-electron chi connectivity index (χ3n) is 7.31. The quantitative estimate of drug-likeness (QED) is 0.310. The highest BCUT2D eigenvalue weighted by atomic mass is 35.5. The van der Waals surface area contributed by atoms with Crippen LogP contribution in [0.2, 0.25) is 5.02 Å². The SMILES string of the molecule is CC(=O)Nc1c(Cl)cc2c(c1O)C(=O)C1C(=O)[C@]3(O)C(=O)C(C(N)=O)C(=O)[C@@H](N(C)C)[C@@H]3C[C@@H]1C2. The number of carbonyl (C=O) groups is 6. The number of nitrogens with two attached hydrogens (primary N) is 1. The molecule has 2 fully saturated rings. The molecule has 0 spiro atoms. The fraction of sp³-hybridized carbons (Fsp3) is 0.478. The van der Waals surface area contributed by atoms with E-state index in [1.54, 1.807) is 0 Å². The number of ketones is 4. The number of phenols is 1. The number of phenolic OH excluding ortho intramolecular Hbond substituents is 1. The second kappa shape index (κ2) is 8.21. The van der Waals surface area contributed by atoms with Crippen LogP contribution in [-0.2, 0) is 30.4 Å². The van der Waals surface area contributed by atoms with Crippen molar-refractivity contribution in [2.75, 3.05) is 19.4 Å². The van der Waals surface area contributed by atoms with Crippen molar-refractivity contribution in [3.8, 4) is 5.75 Å². The summed E-state index contributed by atoms with van der Waals surface area (Å²) in [5, 5.41) is 24.6. The highest BCUT2D eigenvalue weighted by Crippen LogP contribution is 2.52. The smallest absolute Gasteiger partial charge is 0.235 e. The first kappa shape index (κ1) is 25.0. The maximum Gasteiger partial charge on any atom is 0.235 e. The van der Waals surface area contributed by atoms with Crippen LogP contribution in [-0.4, -0.2) is 75.8 Å². The van der Waals surface area contributed by atoms with Crippen molar-refractivity contribution in [3.63, 3.8) is 0 Å². The van der Waals surface area contributed by atoms with E-state index in [-0.39, 0.29) is 29.1 Å². The van der Waals surface area contributed by atoms with E-state index < -0.39 is 76.0 Å². The van der Waals surface area contributed by atoms with Gasteiger partial charge in [-0.05, 0) is 44.5 Å². The summed E-state index contributed by atoms with van der Waals surface area (Å²) in [6.07, 6.45) is 0.0230. The van der Waals surface area contributed by atoms with Crippen LogP contribution < -0.4 is 11.1 Å². The lowest BCUT2D eigenvalue weighted by atomic mass is 9.52. The first-order valence-electron chi connectivity index (χ1n) is 10.9. The number of hydrogen-bond donors (Lipinski definition) is 4. The maximum atomic E-state index is 13.7. The number of nitrogens with one attached hydrogen (secondary N) is 1. The Balaban J connectivity index is 1.86. The zero-order valence-electron chi connectivity index (χ0n) is 19.1. The van der Waals surface area contributed by atoms with Crippen LogP contribution in [0, 0.1) is 23.7 Å². The van der Waals surface area contributed by atoms with Gasteiger partial charge >= 0.3 is 0 Å². The molecule has 0 radical (unpaired) electrons. The monoisotopic (exact) mass is 505 g/mol. The lowest BCUT2D eigenvalue weighted by Gasteiger charge is -2.52. The molecule has 11 nitrogen and oxygen atoms in total. The minimum atomic E-state index is -2.79. The van der Waals surface area contributed by atoms with E-state index >= 15 is 0 Å². The maximum absolute atomic E-state index is 13.7. The van der Waals surface area contributed by atoms with Gasteiger partial charge in [0, 0.05) is 12.8 Å². The zero-order valence-corrected chi connectivity index (χ0v) is 19.9. The molecule has 6 atom stereocenters. The number of aliphatic hydroxyl groups is 1. The molecule has 186 valence electrons. The number of carbonyl (C=O) groups excluding carboxylic acids is 6. The van der Waals surface area contributed by atoms with Gasteiger partial charge < -0.3 is 21.3 Å². The Labute approximate surface area is 204 Å². The number of benzene rings is 1. The summed E-state index contributed by atoms with van der Waals surface area (Å²) < 4.78 is 0. The number of halogens is 1. The fourth-order valence-electron chi connectivity index (χ4n) is 5.92. The van der Waals surface area contributed by atoms with E-state index in [1.807, 2.05) is 0 Å². The second-order valence-electron chi connectivity index (χ2n) is 9.59. The number of hydrogen-bond acceptors (Lipinski definition) is 9. The molecule has 1 aromatic carbocycles. The van der Waals surface area contributed by atoms with Gasteiger partial charge in [-0.25, -0.2) is 0 Å².